The van der Waals surface area contributed by atoms with Crippen LogP contribution < -0.4 is 5.32 Å². The molecule has 3 nitrogen and oxygen atoms in total. The fraction of sp³-hybridized carbons (Fsp3) is 0.500. The van der Waals surface area contributed by atoms with Gasteiger partial charge in [0.15, 0.2) is 0 Å². The van der Waals surface area contributed by atoms with Gasteiger partial charge in [-0.25, -0.2) is 4.39 Å². The summed E-state index contributed by atoms with van der Waals surface area (Å²) < 4.78 is 18.7. The van der Waals surface area contributed by atoms with Crippen molar-refractivity contribution in [2.24, 2.45) is 0 Å². The molecule has 1 amide bonds. The highest BCUT2D eigenvalue weighted by Crippen LogP contribution is 2.16. The molecule has 0 unspecified atom stereocenters. The molecule has 5 heteroatoms. The summed E-state index contributed by atoms with van der Waals surface area (Å²) in [4.78, 5) is 11.8. The van der Waals surface area contributed by atoms with Crippen LogP contribution in [-0.4, -0.2) is 25.2 Å². The summed E-state index contributed by atoms with van der Waals surface area (Å²) in [6, 6.07) is 4.22. The fourth-order valence-electron chi connectivity index (χ4n) is 1.49. The van der Waals surface area contributed by atoms with Gasteiger partial charge in [-0.05, 0) is 60.8 Å². The van der Waals surface area contributed by atoms with E-state index >= 15 is 0 Å². The van der Waals surface area contributed by atoms with Crippen LogP contribution in [0.1, 0.15) is 37.0 Å². The molecule has 0 atom stereocenters. The van der Waals surface area contributed by atoms with Crippen LogP contribution in [0, 0.1) is 5.82 Å². The number of ether oxygens (including phenoxy) is 1. The van der Waals surface area contributed by atoms with E-state index in [0.717, 1.165) is 12.8 Å². The second-order valence-corrected chi connectivity index (χ2v) is 5.37. The minimum atomic E-state index is -0.373. The third-order valence-corrected chi connectivity index (χ3v) is 3.10. The van der Waals surface area contributed by atoms with Gasteiger partial charge in [-0.3, -0.25) is 4.79 Å². The van der Waals surface area contributed by atoms with Crippen LogP contribution >= 0.6 is 15.9 Å². The number of nitrogens with one attached hydrogen (secondary N) is 1. The van der Waals surface area contributed by atoms with Crippen molar-refractivity contribution in [1.82, 2.24) is 5.32 Å². The lowest BCUT2D eigenvalue weighted by molar-refractivity contribution is 0.0754. The summed E-state index contributed by atoms with van der Waals surface area (Å²) in [6.45, 7) is 5.28. The van der Waals surface area contributed by atoms with E-state index < -0.39 is 0 Å². The summed E-state index contributed by atoms with van der Waals surface area (Å²) in [5, 5.41) is 2.80. The standard InChI is InChI=1S/C14H19BrFNO2/c1-10(2)19-8-4-3-7-17-14(18)11-5-6-13(16)12(15)9-11/h5-6,9-10H,3-4,7-8H2,1-2H3,(H,17,18). The van der Waals surface area contributed by atoms with Crippen molar-refractivity contribution >= 4 is 21.8 Å². The molecule has 106 valence electrons. The van der Waals surface area contributed by atoms with E-state index in [9.17, 15) is 9.18 Å². The Bertz CT molecular complexity index is 424. The van der Waals surface area contributed by atoms with Crippen molar-refractivity contribution in [3.8, 4) is 0 Å². The van der Waals surface area contributed by atoms with Gasteiger partial charge in [-0.1, -0.05) is 0 Å². The number of halogens is 2. The van der Waals surface area contributed by atoms with Crippen LogP contribution in [0.15, 0.2) is 22.7 Å². The van der Waals surface area contributed by atoms with Gasteiger partial charge in [0.05, 0.1) is 10.6 Å². The summed E-state index contributed by atoms with van der Waals surface area (Å²) >= 11 is 3.06. The lowest BCUT2D eigenvalue weighted by atomic mass is 10.2. The Labute approximate surface area is 121 Å². The molecule has 0 aliphatic rings. The predicted octanol–water partition coefficient (Wildman–Crippen LogP) is 3.52. The van der Waals surface area contributed by atoms with Gasteiger partial charge in [0, 0.05) is 18.7 Å². The molecule has 19 heavy (non-hydrogen) atoms. The average Bonchev–Trinajstić information content (AvgIpc) is 2.36. The molecular formula is C14H19BrFNO2. The van der Waals surface area contributed by atoms with Crippen LogP contribution in [-0.2, 0) is 4.74 Å². The number of benzene rings is 1. The summed E-state index contributed by atoms with van der Waals surface area (Å²) in [5.74, 6) is -0.562. The zero-order chi connectivity index (χ0) is 14.3. The van der Waals surface area contributed by atoms with Crippen molar-refractivity contribution in [2.45, 2.75) is 32.8 Å². The van der Waals surface area contributed by atoms with E-state index in [1.54, 1.807) is 0 Å². The Morgan fingerprint density at radius 2 is 2.16 bits per heavy atom. The lowest BCUT2D eigenvalue weighted by Crippen LogP contribution is -2.24. The van der Waals surface area contributed by atoms with E-state index in [4.69, 9.17) is 4.74 Å². The molecule has 0 heterocycles. The van der Waals surface area contributed by atoms with Crippen LogP contribution in [0.25, 0.3) is 0 Å². The smallest absolute Gasteiger partial charge is 0.251 e. The SMILES string of the molecule is CC(C)OCCCCNC(=O)c1ccc(F)c(Br)c1. The minimum Gasteiger partial charge on any atom is -0.379 e. The Morgan fingerprint density at radius 3 is 2.79 bits per heavy atom. The van der Waals surface area contributed by atoms with Crippen molar-refractivity contribution in [1.29, 1.82) is 0 Å². The maximum Gasteiger partial charge on any atom is 0.251 e. The van der Waals surface area contributed by atoms with Crippen molar-refractivity contribution in [3.63, 3.8) is 0 Å². The fourth-order valence-corrected chi connectivity index (χ4v) is 1.87. The van der Waals surface area contributed by atoms with E-state index in [-0.39, 0.29) is 17.8 Å². The van der Waals surface area contributed by atoms with E-state index in [2.05, 4.69) is 21.2 Å². The molecule has 0 bridgehead atoms. The van der Waals surface area contributed by atoms with Gasteiger partial charge in [-0.15, -0.1) is 0 Å². The molecule has 1 rings (SSSR count). The summed E-state index contributed by atoms with van der Waals surface area (Å²) in [7, 11) is 0. The Hall–Kier alpha value is -0.940. The highest BCUT2D eigenvalue weighted by molar-refractivity contribution is 9.10. The number of rotatable bonds is 7. The van der Waals surface area contributed by atoms with Crippen LogP contribution in [0.2, 0.25) is 0 Å². The summed E-state index contributed by atoms with van der Waals surface area (Å²) in [6.07, 6.45) is 2.01. The van der Waals surface area contributed by atoms with Gasteiger partial charge < -0.3 is 10.1 Å². The van der Waals surface area contributed by atoms with E-state index in [1.807, 2.05) is 13.8 Å². The van der Waals surface area contributed by atoms with Crippen LogP contribution in [0.3, 0.4) is 0 Å². The van der Waals surface area contributed by atoms with E-state index in [0.29, 0.717) is 23.2 Å². The Kier molecular flexibility index (Phi) is 7.02. The number of carbonyl (C=O) groups is 1. The number of carbonyl (C=O) groups excluding carboxylic acids is 1. The molecule has 0 saturated carbocycles. The third-order valence-electron chi connectivity index (χ3n) is 2.49. The molecule has 0 fully saturated rings. The molecule has 0 aromatic heterocycles. The first kappa shape index (κ1) is 16.1. The summed E-state index contributed by atoms with van der Waals surface area (Å²) in [5.41, 5.74) is 0.451. The number of hydrogen-bond donors (Lipinski definition) is 1. The largest absolute Gasteiger partial charge is 0.379 e. The molecule has 1 aromatic carbocycles. The maximum atomic E-state index is 13.0. The topological polar surface area (TPSA) is 38.3 Å². The highest BCUT2D eigenvalue weighted by atomic mass is 79.9. The first-order valence-electron chi connectivity index (χ1n) is 6.35. The van der Waals surface area contributed by atoms with Crippen LogP contribution in [0.4, 0.5) is 4.39 Å². The number of unbranched alkanes of at least 4 members (excludes halogenated alkanes) is 1. The molecule has 0 spiro atoms. The zero-order valence-electron chi connectivity index (χ0n) is 11.2. The monoisotopic (exact) mass is 331 g/mol. The Balaban J connectivity index is 2.26. The predicted molar refractivity (Wildman–Crippen MR) is 76.8 cm³/mol. The number of hydrogen-bond acceptors (Lipinski definition) is 2. The van der Waals surface area contributed by atoms with Crippen molar-refractivity contribution in [2.75, 3.05) is 13.2 Å². The first-order valence-corrected chi connectivity index (χ1v) is 7.15. The molecule has 0 aliphatic heterocycles. The van der Waals surface area contributed by atoms with Gasteiger partial charge >= 0.3 is 0 Å². The molecule has 1 aromatic rings. The molecule has 0 aliphatic carbocycles. The van der Waals surface area contributed by atoms with Crippen LogP contribution in [0.5, 0.6) is 0 Å². The van der Waals surface area contributed by atoms with Crippen molar-refractivity contribution < 1.29 is 13.9 Å². The van der Waals surface area contributed by atoms with Gasteiger partial charge in [0.25, 0.3) is 5.91 Å². The molecule has 0 saturated heterocycles. The quantitative estimate of drug-likeness (QED) is 0.776. The lowest BCUT2D eigenvalue weighted by Gasteiger charge is -2.08. The normalized spacial score (nSPS) is 10.8. The van der Waals surface area contributed by atoms with Gasteiger partial charge in [0.1, 0.15) is 5.82 Å². The molecule has 0 radical (unpaired) electrons. The van der Waals surface area contributed by atoms with Crippen molar-refractivity contribution in [3.05, 3.63) is 34.1 Å². The molecule has 1 N–H and O–H groups in total. The van der Waals surface area contributed by atoms with Gasteiger partial charge in [-0.2, -0.15) is 0 Å². The zero-order valence-corrected chi connectivity index (χ0v) is 12.8. The Morgan fingerprint density at radius 1 is 1.42 bits per heavy atom. The number of amides is 1. The van der Waals surface area contributed by atoms with E-state index in [1.165, 1.54) is 18.2 Å². The maximum absolute atomic E-state index is 13.0. The first-order chi connectivity index (χ1) is 9.00. The third kappa shape index (κ3) is 6.16. The minimum absolute atomic E-state index is 0.189. The highest BCUT2D eigenvalue weighted by Gasteiger charge is 2.07. The second kappa shape index (κ2) is 8.27. The second-order valence-electron chi connectivity index (χ2n) is 4.51. The molecular weight excluding hydrogens is 313 g/mol. The van der Waals surface area contributed by atoms with Gasteiger partial charge in [0.2, 0.25) is 0 Å². The average molecular weight is 332 g/mol.